The molecule has 2 aromatic rings. The Morgan fingerprint density at radius 1 is 1.13 bits per heavy atom. The number of nitrogens with one attached hydrogen (secondary N) is 2. The number of benzene rings is 1. The van der Waals surface area contributed by atoms with Gasteiger partial charge in [-0.05, 0) is 30.0 Å². The minimum Gasteiger partial charge on any atom is -0.490 e. The average Bonchev–Trinajstić information content (AvgIpc) is 3.13. The van der Waals surface area contributed by atoms with Gasteiger partial charge in [-0.1, -0.05) is 6.07 Å². The number of hydrogen-bond acceptors (Lipinski definition) is 8. The molecule has 1 aliphatic heterocycles. The molecule has 1 aromatic heterocycles. The normalized spacial score (nSPS) is 13.3. The van der Waals surface area contributed by atoms with Crippen LogP contribution in [0.5, 0.6) is 11.5 Å². The fourth-order valence-electron chi connectivity index (χ4n) is 2.58. The number of carbonyl (C=O) groups excluding carboxylic acids is 2. The number of ether oxygens (including phenoxy) is 3. The zero-order valence-corrected chi connectivity index (χ0v) is 17.7. The van der Waals surface area contributed by atoms with E-state index in [1.54, 1.807) is 11.3 Å². The Bertz CT molecular complexity index is 975. The van der Waals surface area contributed by atoms with Crippen molar-refractivity contribution in [3.8, 4) is 11.5 Å². The number of sulfonamides is 1. The second-order valence-corrected chi connectivity index (χ2v) is 9.12. The smallest absolute Gasteiger partial charge is 0.321 e. The van der Waals surface area contributed by atoms with Gasteiger partial charge in [-0.2, -0.15) is 4.72 Å². The molecular formula is C19H22N2O7S2. The van der Waals surface area contributed by atoms with Gasteiger partial charge in [-0.3, -0.25) is 9.59 Å². The first-order chi connectivity index (χ1) is 14.4. The third-order valence-electron chi connectivity index (χ3n) is 4.07. The number of thiophene rings is 1. The maximum absolute atomic E-state index is 12.4. The van der Waals surface area contributed by atoms with E-state index >= 15 is 0 Å². The first kappa shape index (κ1) is 22.1. The van der Waals surface area contributed by atoms with E-state index in [4.69, 9.17) is 14.2 Å². The molecule has 0 bridgehead atoms. The molecule has 0 aliphatic carbocycles. The summed E-state index contributed by atoms with van der Waals surface area (Å²) in [5.74, 6) is -0.514. The van der Waals surface area contributed by atoms with Gasteiger partial charge in [-0.25, -0.2) is 8.42 Å². The standard InChI is InChI=1S/C19H22N2O7S2/c22-18(20-7-6-14-3-1-10-29-14)13-28-19(23)12-21-30(24,25)15-4-5-16-17(11-15)27-9-2-8-26-16/h1,3-5,10-11,21H,2,6-9,12-13H2,(H,20,22). The summed E-state index contributed by atoms with van der Waals surface area (Å²) in [4.78, 5) is 24.6. The van der Waals surface area contributed by atoms with E-state index in [2.05, 4.69) is 10.0 Å². The van der Waals surface area contributed by atoms with Crippen molar-refractivity contribution < 1.29 is 32.2 Å². The SMILES string of the molecule is O=C(COC(=O)CNS(=O)(=O)c1ccc2c(c1)OCCCO2)NCCc1cccs1. The number of rotatable bonds is 9. The molecule has 3 rings (SSSR count). The summed E-state index contributed by atoms with van der Waals surface area (Å²) in [6.07, 6.45) is 1.38. The summed E-state index contributed by atoms with van der Waals surface area (Å²) >= 11 is 1.59. The van der Waals surface area contributed by atoms with Gasteiger partial charge in [0.2, 0.25) is 10.0 Å². The largest absolute Gasteiger partial charge is 0.490 e. The van der Waals surface area contributed by atoms with Crippen LogP contribution in [-0.2, 0) is 30.8 Å². The average molecular weight is 455 g/mol. The van der Waals surface area contributed by atoms with E-state index in [-0.39, 0.29) is 4.90 Å². The highest BCUT2D eigenvalue weighted by molar-refractivity contribution is 7.89. The molecule has 0 fully saturated rings. The van der Waals surface area contributed by atoms with Gasteiger partial charge in [0.15, 0.2) is 18.1 Å². The van der Waals surface area contributed by atoms with Crippen LogP contribution in [0.25, 0.3) is 0 Å². The van der Waals surface area contributed by atoms with Crippen molar-refractivity contribution >= 4 is 33.2 Å². The molecule has 11 heteroatoms. The highest BCUT2D eigenvalue weighted by atomic mass is 32.2. The summed E-state index contributed by atoms with van der Waals surface area (Å²) < 4.78 is 42.7. The van der Waals surface area contributed by atoms with Gasteiger partial charge in [0.1, 0.15) is 6.54 Å². The van der Waals surface area contributed by atoms with Crippen LogP contribution in [0.1, 0.15) is 11.3 Å². The van der Waals surface area contributed by atoms with Gasteiger partial charge in [-0.15, -0.1) is 11.3 Å². The lowest BCUT2D eigenvalue weighted by Crippen LogP contribution is -2.34. The van der Waals surface area contributed by atoms with E-state index in [0.717, 1.165) is 4.88 Å². The molecule has 0 saturated heterocycles. The Kier molecular flexibility index (Phi) is 7.66. The molecule has 2 heterocycles. The highest BCUT2D eigenvalue weighted by Gasteiger charge is 2.20. The Balaban J connectivity index is 1.42. The van der Waals surface area contributed by atoms with Gasteiger partial charge >= 0.3 is 5.97 Å². The Morgan fingerprint density at radius 3 is 2.70 bits per heavy atom. The minimum atomic E-state index is -3.96. The highest BCUT2D eigenvalue weighted by Crippen LogP contribution is 2.31. The molecule has 9 nitrogen and oxygen atoms in total. The monoisotopic (exact) mass is 454 g/mol. The molecule has 0 spiro atoms. The summed E-state index contributed by atoms with van der Waals surface area (Å²) in [6, 6.07) is 8.11. The predicted octanol–water partition coefficient (Wildman–Crippen LogP) is 1.09. The van der Waals surface area contributed by atoms with Crippen LogP contribution >= 0.6 is 11.3 Å². The summed E-state index contributed by atoms with van der Waals surface area (Å²) in [5, 5.41) is 4.59. The quantitative estimate of drug-likeness (QED) is 0.544. The lowest BCUT2D eigenvalue weighted by molar-refractivity contribution is -0.147. The maximum Gasteiger partial charge on any atom is 0.321 e. The maximum atomic E-state index is 12.4. The molecule has 1 amide bonds. The van der Waals surface area contributed by atoms with Gasteiger partial charge in [0, 0.05) is 23.9 Å². The van der Waals surface area contributed by atoms with E-state index in [1.165, 1.54) is 18.2 Å². The lowest BCUT2D eigenvalue weighted by Gasteiger charge is -2.11. The van der Waals surface area contributed by atoms with Crippen LogP contribution in [-0.4, -0.2) is 53.2 Å². The summed E-state index contributed by atoms with van der Waals surface area (Å²) in [6.45, 7) is 0.262. The molecule has 1 aromatic carbocycles. The summed E-state index contributed by atoms with van der Waals surface area (Å²) in [7, 11) is -3.96. The van der Waals surface area contributed by atoms with Crippen molar-refractivity contribution in [1.29, 1.82) is 0 Å². The third kappa shape index (κ3) is 6.44. The lowest BCUT2D eigenvalue weighted by atomic mass is 10.3. The van der Waals surface area contributed by atoms with Gasteiger partial charge < -0.3 is 19.5 Å². The molecular weight excluding hydrogens is 432 g/mol. The Labute approximate surface area is 178 Å². The van der Waals surface area contributed by atoms with E-state index in [0.29, 0.717) is 44.1 Å². The van der Waals surface area contributed by atoms with Crippen molar-refractivity contribution in [2.45, 2.75) is 17.7 Å². The molecule has 0 radical (unpaired) electrons. The minimum absolute atomic E-state index is 0.0640. The topological polar surface area (TPSA) is 120 Å². The van der Waals surface area contributed by atoms with Crippen molar-refractivity contribution in [2.24, 2.45) is 0 Å². The number of amides is 1. The zero-order chi connectivity index (χ0) is 21.4. The molecule has 1 aliphatic rings. The molecule has 0 atom stereocenters. The van der Waals surface area contributed by atoms with Crippen LogP contribution in [0.15, 0.2) is 40.6 Å². The van der Waals surface area contributed by atoms with Crippen LogP contribution < -0.4 is 19.5 Å². The van der Waals surface area contributed by atoms with Gasteiger partial charge in [0.25, 0.3) is 5.91 Å². The second kappa shape index (κ2) is 10.4. The molecule has 0 saturated carbocycles. The zero-order valence-electron chi connectivity index (χ0n) is 16.1. The number of esters is 1. The van der Waals surface area contributed by atoms with Crippen LogP contribution in [0.3, 0.4) is 0 Å². The summed E-state index contributed by atoms with van der Waals surface area (Å²) in [5.41, 5.74) is 0. The number of carbonyl (C=O) groups is 2. The third-order valence-corrected chi connectivity index (χ3v) is 6.41. The second-order valence-electron chi connectivity index (χ2n) is 6.32. The molecule has 162 valence electrons. The van der Waals surface area contributed by atoms with E-state index in [9.17, 15) is 18.0 Å². The van der Waals surface area contributed by atoms with Crippen molar-refractivity contribution in [2.75, 3.05) is 32.9 Å². The Hall–Kier alpha value is -2.63. The molecule has 0 unspecified atom stereocenters. The first-order valence-corrected chi connectivity index (χ1v) is 11.6. The van der Waals surface area contributed by atoms with Crippen LogP contribution in [0.2, 0.25) is 0 Å². The van der Waals surface area contributed by atoms with Gasteiger partial charge in [0.05, 0.1) is 18.1 Å². The number of hydrogen-bond donors (Lipinski definition) is 2. The van der Waals surface area contributed by atoms with E-state index in [1.807, 2.05) is 17.5 Å². The fourth-order valence-corrected chi connectivity index (χ4v) is 4.27. The van der Waals surface area contributed by atoms with Crippen LogP contribution in [0.4, 0.5) is 0 Å². The van der Waals surface area contributed by atoms with E-state index < -0.39 is 35.1 Å². The predicted molar refractivity (Wildman–Crippen MR) is 109 cm³/mol. The number of fused-ring (bicyclic) bond motifs is 1. The van der Waals surface area contributed by atoms with Crippen LogP contribution in [0, 0.1) is 0 Å². The fraction of sp³-hybridized carbons (Fsp3) is 0.368. The molecule has 2 N–H and O–H groups in total. The van der Waals surface area contributed by atoms with Crippen molar-refractivity contribution in [3.63, 3.8) is 0 Å². The first-order valence-electron chi connectivity index (χ1n) is 9.28. The van der Waals surface area contributed by atoms with Crippen molar-refractivity contribution in [3.05, 3.63) is 40.6 Å². The molecule has 30 heavy (non-hydrogen) atoms. The Morgan fingerprint density at radius 2 is 1.93 bits per heavy atom. The van der Waals surface area contributed by atoms with Crippen molar-refractivity contribution in [1.82, 2.24) is 10.0 Å².